The van der Waals surface area contributed by atoms with Crippen LogP contribution in [0.3, 0.4) is 0 Å². The average molecular weight is 369 g/mol. The number of hydrogen-bond donors (Lipinski definition) is 0. The Kier molecular flexibility index (Phi) is 5.31. The lowest BCUT2D eigenvalue weighted by molar-refractivity contribution is -0.132. The van der Waals surface area contributed by atoms with Crippen molar-refractivity contribution < 1.29 is 19.0 Å². The summed E-state index contributed by atoms with van der Waals surface area (Å²) >= 11 is 0. The van der Waals surface area contributed by atoms with Crippen molar-refractivity contribution in [2.24, 2.45) is 0 Å². The zero-order chi connectivity index (χ0) is 19.6. The van der Waals surface area contributed by atoms with Gasteiger partial charge in [-0.3, -0.25) is 4.79 Å². The maximum absolute atomic E-state index is 13.0. The first-order valence-electron chi connectivity index (χ1n) is 9.04. The first-order valence-corrected chi connectivity index (χ1v) is 9.04. The van der Waals surface area contributed by atoms with Crippen molar-refractivity contribution in [1.29, 1.82) is 0 Å². The van der Waals surface area contributed by atoms with Crippen LogP contribution in [0, 0.1) is 0 Å². The second-order valence-corrected chi connectivity index (χ2v) is 7.53. The summed E-state index contributed by atoms with van der Waals surface area (Å²) in [4.78, 5) is 14.9. The van der Waals surface area contributed by atoms with Gasteiger partial charge in [-0.25, -0.2) is 0 Å². The maximum atomic E-state index is 13.0. The number of amides is 1. The van der Waals surface area contributed by atoms with E-state index in [-0.39, 0.29) is 11.3 Å². The van der Waals surface area contributed by atoms with Crippen LogP contribution in [0.15, 0.2) is 36.4 Å². The molecule has 2 aromatic carbocycles. The molecular weight excluding hydrogens is 342 g/mol. The van der Waals surface area contributed by atoms with Gasteiger partial charge in [-0.05, 0) is 41.0 Å². The molecule has 0 aliphatic carbocycles. The van der Waals surface area contributed by atoms with E-state index in [1.807, 2.05) is 41.3 Å². The van der Waals surface area contributed by atoms with Gasteiger partial charge >= 0.3 is 0 Å². The molecule has 1 amide bonds. The molecule has 0 fully saturated rings. The number of benzene rings is 2. The minimum atomic E-state index is -0.169. The molecule has 0 atom stereocenters. The molecule has 144 valence electrons. The number of nitrogens with zero attached hydrogens (tertiary/aromatic N) is 1. The van der Waals surface area contributed by atoms with Gasteiger partial charge in [0.15, 0.2) is 11.5 Å². The SMILES string of the molecule is COc1cccc(CC(=O)N2Cc3cc(OC)c(OC)cc3C(C)(C)C2)c1. The van der Waals surface area contributed by atoms with Crippen molar-refractivity contribution in [3.8, 4) is 17.2 Å². The molecule has 1 heterocycles. The summed E-state index contributed by atoms with van der Waals surface area (Å²) in [5.41, 5.74) is 3.08. The van der Waals surface area contributed by atoms with Crippen molar-refractivity contribution in [2.75, 3.05) is 27.9 Å². The molecule has 5 nitrogen and oxygen atoms in total. The molecule has 1 aliphatic rings. The second-order valence-electron chi connectivity index (χ2n) is 7.53. The van der Waals surface area contributed by atoms with E-state index in [0.717, 1.165) is 22.6 Å². The second kappa shape index (κ2) is 7.51. The molecule has 0 radical (unpaired) electrons. The van der Waals surface area contributed by atoms with Crippen molar-refractivity contribution in [3.63, 3.8) is 0 Å². The van der Waals surface area contributed by atoms with Crippen LogP contribution in [-0.4, -0.2) is 38.7 Å². The quantitative estimate of drug-likeness (QED) is 0.808. The molecule has 0 unspecified atom stereocenters. The summed E-state index contributed by atoms with van der Waals surface area (Å²) in [5.74, 6) is 2.29. The van der Waals surface area contributed by atoms with Crippen LogP contribution in [0.25, 0.3) is 0 Å². The van der Waals surface area contributed by atoms with E-state index in [1.165, 1.54) is 5.56 Å². The Morgan fingerprint density at radius 1 is 1.04 bits per heavy atom. The first kappa shape index (κ1) is 19.1. The van der Waals surface area contributed by atoms with Crippen LogP contribution in [0.5, 0.6) is 17.2 Å². The highest BCUT2D eigenvalue weighted by molar-refractivity contribution is 5.79. The fourth-order valence-electron chi connectivity index (χ4n) is 3.75. The van der Waals surface area contributed by atoms with Crippen molar-refractivity contribution in [2.45, 2.75) is 32.2 Å². The highest BCUT2D eigenvalue weighted by Gasteiger charge is 2.35. The largest absolute Gasteiger partial charge is 0.497 e. The van der Waals surface area contributed by atoms with Gasteiger partial charge in [-0.15, -0.1) is 0 Å². The topological polar surface area (TPSA) is 48.0 Å². The third-order valence-electron chi connectivity index (χ3n) is 5.13. The normalized spacial score (nSPS) is 15.1. The van der Waals surface area contributed by atoms with Gasteiger partial charge in [0.1, 0.15) is 5.75 Å². The standard InChI is InChI=1S/C22H27NO4/c1-22(2)14-23(21(24)10-15-7-6-8-17(9-15)25-3)13-16-11-19(26-4)20(27-5)12-18(16)22/h6-9,11-12H,10,13-14H2,1-5H3. The Balaban J connectivity index is 1.86. The zero-order valence-corrected chi connectivity index (χ0v) is 16.7. The lowest BCUT2D eigenvalue weighted by atomic mass is 9.78. The van der Waals surface area contributed by atoms with Gasteiger partial charge < -0.3 is 19.1 Å². The predicted octanol–water partition coefficient (Wildman–Crippen LogP) is 3.57. The number of carbonyl (C=O) groups is 1. The van der Waals surface area contributed by atoms with Crippen molar-refractivity contribution in [1.82, 2.24) is 4.90 Å². The van der Waals surface area contributed by atoms with Crippen LogP contribution in [0.4, 0.5) is 0 Å². The maximum Gasteiger partial charge on any atom is 0.227 e. The van der Waals surface area contributed by atoms with E-state index < -0.39 is 0 Å². The van der Waals surface area contributed by atoms with Gasteiger partial charge in [0.05, 0.1) is 27.8 Å². The van der Waals surface area contributed by atoms with Gasteiger partial charge in [0.25, 0.3) is 0 Å². The van der Waals surface area contributed by atoms with E-state index in [4.69, 9.17) is 14.2 Å². The number of rotatable bonds is 5. The van der Waals surface area contributed by atoms with Gasteiger partial charge in [-0.1, -0.05) is 26.0 Å². The number of fused-ring (bicyclic) bond motifs is 1. The molecule has 5 heteroatoms. The first-order chi connectivity index (χ1) is 12.9. The molecule has 1 aliphatic heterocycles. The summed E-state index contributed by atoms with van der Waals surface area (Å²) in [5, 5.41) is 0. The van der Waals surface area contributed by atoms with Gasteiger partial charge in [-0.2, -0.15) is 0 Å². The molecule has 0 spiro atoms. The minimum absolute atomic E-state index is 0.108. The predicted molar refractivity (Wildman–Crippen MR) is 105 cm³/mol. The monoisotopic (exact) mass is 369 g/mol. The fourth-order valence-corrected chi connectivity index (χ4v) is 3.75. The molecule has 2 aromatic rings. The number of ether oxygens (including phenoxy) is 3. The van der Waals surface area contributed by atoms with E-state index >= 15 is 0 Å². The summed E-state index contributed by atoms with van der Waals surface area (Å²) in [7, 11) is 4.90. The van der Waals surface area contributed by atoms with Crippen molar-refractivity contribution in [3.05, 3.63) is 53.1 Å². The summed E-state index contributed by atoms with van der Waals surface area (Å²) in [6, 6.07) is 11.7. The molecule has 0 N–H and O–H groups in total. The number of carbonyl (C=O) groups excluding carboxylic acids is 1. The zero-order valence-electron chi connectivity index (χ0n) is 16.7. The summed E-state index contributed by atoms with van der Waals surface area (Å²) < 4.78 is 16.2. The lowest BCUT2D eigenvalue weighted by Crippen LogP contribution is -2.45. The third-order valence-corrected chi connectivity index (χ3v) is 5.13. The number of methoxy groups -OCH3 is 3. The van der Waals surface area contributed by atoms with E-state index in [1.54, 1.807) is 21.3 Å². The van der Waals surface area contributed by atoms with E-state index in [0.29, 0.717) is 25.3 Å². The molecule has 0 aromatic heterocycles. The molecule has 0 bridgehead atoms. The van der Waals surface area contributed by atoms with Crippen LogP contribution < -0.4 is 14.2 Å². The Bertz CT molecular complexity index is 844. The molecular formula is C22H27NO4. The van der Waals surface area contributed by atoms with Gasteiger partial charge in [0.2, 0.25) is 5.91 Å². The molecule has 0 saturated heterocycles. The van der Waals surface area contributed by atoms with Crippen LogP contribution >= 0.6 is 0 Å². The van der Waals surface area contributed by atoms with Gasteiger partial charge in [0, 0.05) is 18.5 Å². The van der Waals surface area contributed by atoms with Crippen molar-refractivity contribution >= 4 is 5.91 Å². The van der Waals surface area contributed by atoms with E-state index in [9.17, 15) is 4.79 Å². The average Bonchev–Trinajstić information content (AvgIpc) is 2.66. The smallest absolute Gasteiger partial charge is 0.227 e. The molecule has 0 saturated carbocycles. The Hall–Kier alpha value is -2.69. The van der Waals surface area contributed by atoms with Crippen LogP contribution in [0.1, 0.15) is 30.5 Å². The third kappa shape index (κ3) is 3.87. The highest BCUT2D eigenvalue weighted by atomic mass is 16.5. The minimum Gasteiger partial charge on any atom is -0.497 e. The Labute approximate surface area is 160 Å². The van der Waals surface area contributed by atoms with E-state index in [2.05, 4.69) is 13.8 Å². The van der Waals surface area contributed by atoms with Crippen LogP contribution in [0.2, 0.25) is 0 Å². The number of hydrogen-bond acceptors (Lipinski definition) is 4. The highest BCUT2D eigenvalue weighted by Crippen LogP contribution is 2.40. The fraction of sp³-hybridized carbons (Fsp3) is 0.409. The summed E-state index contributed by atoms with van der Waals surface area (Å²) in [6.07, 6.45) is 0.357. The molecule has 3 rings (SSSR count). The van der Waals surface area contributed by atoms with Crippen LogP contribution in [-0.2, 0) is 23.2 Å². The Morgan fingerprint density at radius 3 is 2.41 bits per heavy atom. The molecule has 27 heavy (non-hydrogen) atoms. The Morgan fingerprint density at radius 2 is 1.74 bits per heavy atom. The summed E-state index contributed by atoms with van der Waals surface area (Å²) in [6.45, 7) is 5.55. The lowest BCUT2D eigenvalue weighted by Gasteiger charge is -2.40.